The van der Waals surface area contributed by atoms with Crippen LogP contribution in [0.5, 0.6) is 0 Å². The largest absolute Gasteiger partial charge is 0.420 e. The molecule has 0 unspecified atom stereocenters. The molecule has 2 N–H and O–H groups in total. The molecule has 0 saturated heterocycles. The number of hydrogen-bond acceptors (Lipinski definition) is 4. The minimum absolute atomic E-state index is 0.0581. The van der Waals surface area contributed by atoms with E-state index in [0.29, 0.717) is 5.89 Å². The van der Waals surface area contributed by atoms with Crippen molar-refractivity contribution in [2.75, 3.05) is 5.73 Å². The summed E-state index contributed by atoms with van der Waals surface area (Å²) in [5, 5.41) is 7.55. The van der Waals surface area contributed by atoms with Gasteiger partial charge in [0.1, 0.15) is 0 Å². The van der Waals surface area contributed by atoms with E-state index < -0.39 is 11.6 Å². The van der Waals surface area contributed by atoms with Crippen LogP contribution in [-0.2, 0) is 0 Å². The van der Waals surface area contributed by atoms with Crippen molar-refractivity contribution in [3.8, 4) is 11.5 Å². The topological polar surface area (TPSA) is 64.9 Å². The van der Waals surface area contributed by atoms with Crippen molar-refractivity contribution in [2.45, 2.75) is 19.8 Å². The Morgan fingerprint density at radius 3 is 2.41 bits per heavy atom. The van der Waals surface area contributed by atoms with Crippen LogP contribution in [0, 0.1) is 11.6 Å². The standard InChI is InChI=1S/C11H11F2N3O/c1-5(2)10-15-16-11(17-10)6-3-7(12)8(13)4-9(6)14/h3-5H,14H2,1-2H3. The molecule has 2 aromatic rings. The Morgan fingerprint density at radius 2 is 1.82 bits per heavy atom. The SMILES string of the molecule is CC(C)c1nnc(-c2cc(F)c(F)cc2N)o1. The molecule has 0 spiro atoms. The van der Waals surface area contributed by atoms with E-state index in [1.165, 1.54) is 0 Å². The van der Waals surface area contributed by atoms with Gasteiger partial charge in [-0.25, -0.2) is 8.78 Å². The van der Waals surface area contributed by atoms with Crippen molar-refractivity contribution in [3.05, 3.63) is 29.7 Å². The molecule has 0 radical (unpaired) electrons. The van der Waals surface area contributed by atoms with E-state index in [1.54, 1.807) is 0 Å². The van der Waals surface area contributed by atoms with E-state index in [4.69, 9.17) is 10.2 Å². The minimum atomic E-state index is -1.00. The highest BCUT2D eigenvalue weighted by atomic mass is 19.2. The lowest BCUT2D eigenvalue weighted by Gasteiger charge is -2.02. The molecule has 17 heavy (non-hydrogen) atoms. The fraction of sp³-hybridized carbons (Fsp3) is 0.273. The van der Waals surface area contributed by atoms with Crippen LogP contribution in [0.2, 0.25) is 0 Å². The lowest BCUT2D eigenvalue weighted by Crippen LogP contribution is -1.94. The molecule has 0 aliphatic rings. The first-order valence-corrected chi connectivity index (χ1v) is 5.07. The van der Waals surface area contributed by atoms with Crippen molar-refractivity contribution < 1.29 is 13.2 Å². The Kier molecular flexibility index (Phi) is 2.79. The summed E-state index contributed by atoms with van der Waals surface area (Å²) in [6.45, 7) is 3.76. The maximum atomic E-state index is 13.1. The Balaban J connectivity index is 2.49. The summed E-state index contributed by atoms with van der Waals surface area (Å²) >= 11 is 0. The van der Waals surface area contributed by atoms with Gasteiger partial charge in [-0.1, -0.05) is 13.8 Å². The Morgan fingerprint density at radius 1 is 1.18 bits per heavy atom. The Hall–Kier alpha value is -1.98. The number of aromatic nitrogens is 2. The molecular formula is C11H11F2N3O. The van der Waals surface area contributed by atoms with Gasteiger partial charge in [0.25, 0.3) is 0 Å². The molecule has 0 saturated carbocycles. The van der Waals surface area contributed by atoms with Crippen molar-refractivity contribution in [3.63, 3.8) is 0 Å². The quantitative estimate of drug-likeness (QED) is 0.818. The summed E-state index contributed by atoms with van der Waals surface area (Å²) in [5.74, 6) is -1.44. The van der Waals surface area contributed by atoms with Crippen LogP contribution in [0.15, 0.2) is 16.5 Å². The zero-order valence-corrected chi connectivity index (χ0v) is 9.37. The van der Waals surface area contributed by atoms with Crippen LogP contribution >= 0.6 is 0 Å². The third kappa shape index (κ3) is 2.11. The normalized spacial score (nSPS) is 11.1. The van der Waals surface area contributed by atoms with Crippen molar-refractivity contribution in [2.24, 2.45) is 0 Å². The fourth-order valence-corrected chi connectivity index (χ4v) is 1.32. The average molecular weight is 239 g/mol. The van der Waals surface area contributed by atoms with E-state index in [-0.39, 0.29) is 23.1 Å². The lowest BCUT2D eigenvalue weighted by atomic mass is 10.1. The smallest absolute Gasteiger partial charge is 0.249 e. The summed E-state index contributed by atoms with van der Waals surface area (Å²) in [4.78, 5) is 0. The van der Waals surface area contributed by atoms with E-state index in [2.05, 4.69) is 10.2 Å². The second-order valence-electron chi connectivity index (χ2n) is 3.95. The van der Waals surface area contributed by atoms with Gasteiger partial charge in [0.05, 0.1) is 5.56 Å². The van der Waals surface area contributed by atoms with Gasteiger partial charge in [-0.15, -0.1) is 10.2 Å². The first-order chi connectivity index (χ1) is 7.99. The van der Waals surface area contributed by atoms with Crippen LogP contribution < -0.4 is 5.73 Å². The highest BCUT2D eigenvalue weighted by Gasteiger charge is 2.16. The predicted octanol–water partition coefficient (Wildman–Crippen LogP) is 2.72. The number of halogens is 2. The number of hydrogen-bond donors (Lipinski definition) is 1. The Bertz CT molecular complexity index is 552. The molecule has 4 nitrogen and oxygen atoms in total. The molecule has 0 aliphatic heterocycles. The van der Waals surface area contributed by atoms with Gasteiger partial charge in [-0.05, 0) is 6.07 Å². The number of anilines is 1. The molecule has 1 heterocycles. The third-order valence-corrected chi connectivity index (χ3v) is 2.26. The fourth-order valence-electron chi connectivity index (χ4n) is 1.32. The van der Waals surface area contributed by atoms with Crippen molar-refractivity contribution >= 4 is 5.69 Å². The number of nitrogen functional groups attached to an aromatic ring is 1. The molecule has 6 heteroatoms. The first-order valence-electron chi connectivity index (χ1n) is 5.07. The second-order valence-corrected chi connectivity index (χ2v) is 3.95. The Labute approximate surface area is 96.5 Å². The van der Waals surface area contributed by atoms with Gasteiger partial charge in [0.15, 0.2) is 11.6 Å². The summed E-state index contributed by atoms with van der Waals surface area (Å²) in [6.07, 6.45) is 0. The lowest BCUT2D eigenvalue weighted by molar-refractivity contribution is 0.479. The van der Waals surface area contributed by atoms with Gasteiger partial charge in [0.2, 0.25) is 11.8 Å². The number of rotatable bonds is 2. The maximum Gasteiger partial charge on any atom is 0.249 e. The molecule has 2 rings (SSSR count). The van der Waals surface area contributed by atoms with Crippen LogP contribution in [0.3, 0.4) is 0 Å². The van der Waals surface area contributed by atoms with Gasteiger partial charge < -0.3 is 10.2 Å². The molecule has 1 aromatic carbocycles. The zero-order valence-electron chi connectivity index (χ0n) is 9.37. The van der Waals surface area contributed by atoms with Crippen LogP contribution in [0.25, 0.3) is 11.5 Å². The zero-order chi connectivity index (χ0) is 12.6. The minimum Gasteiger partial charge on any atom is -0.420 e. The molecular weight excluding hydrogens is 228 g/mol. The highest BCUT2D eigenvalue weighted by Crippen LogP contribution is 2.28. The van der Waals surface area contributed by atoms with E-state index in [1.807, 2.05) is 13.8 Å². The van der Waals surface area contributed by atoms with E-state index in [0.717, 1.165) is 12.1 Å². The summed E-state index contributed by atoms with van der Waals surface area (Å²) in [6, 6.07) is 1.84. The molecule has 0 bridgehead atoms. The van der Waals surface area contributed by atoms with Crippen LogP contribution in [0.4, 0.5) is 14.5 Å². The summed E-state index contributed by atoms with van der Waals surface area (Å²) in [5.41, 5.74) is 5.83. The molecule has 90 valence electrons. The monoisotopic (exact) mass is 239 g/mol. The molecule has 0 fully saturated rings. The second kappa shape index (κ2) is 4.12. The molecule has 0 aliphatic carbocycles. The van der Waals surface area contributed by atoms with Crippen LogP contribution in [0.1, 0.15) is 25.7 Å². The average Bonchev–Trinajstić information content (AvgIpc) is 2.72. The van der Waals surface area contributed by atoms with Gasteiger partial charge in [-0.2, -0.15) is 0 Å². The van der Waals surface area contributed by atoms with E-state index in [9.17, 15) is 8.78 Å². The van der Waals surface area contributed by atoms with E-state index >= 15 is 0 Å². The van der Waals surface area contributed by atoms with Crippen molar-refractivity contribution in [1.29, 1.82) is 0 Å². The molecule has 0 amide bonds. The summed E-state index contributed by atoms with van der Waals surface area (Å²) < 4.78 is 31.3. The molecule has 0 atom stereocenters. The van der Waals surface area contributed by atoms with Crippen molar-refractivity contribution in [1.82, 2.24) is 10.2 Å². The third-order valence-electron chi connectivity index (χ3n) is 2.26. The molecule has 1 aromatic heterocycles. The van der Waals surface area contributed by atoms with Gasteiger partial charge in [0, 0.05) is 17.7 Å². The summed E-state index contributed by atoms with van der Waals surface area (Å²) in [7, 11) is 0. The number of nitrogens with two attached hydrogens (primary N) is 1. The van der Waals surface area contributed by atoms with Gasteiger partial charge >= 0.3 is 0 Å². The first kappa shape index (κ1) is 11.5. The van der Waals surface area contributed by atoms with Gasteiger partial charge in [-0.3, -0.25) is 0 Å². The predicted molar refractivity (Wildman–Crippen MR) is 58.2 cm³/mol. The maximum absolute atomic E-state index is 13.1. The van der Waals surface area contributed by atoms with Crippen LogP contribution in [-0.4, -0.2) is 10.2 Å². The number of nitrogens with zero attached hydrogens (tertiary/aromatic N) is 2. The number of benzene rings is 1. The highest BCUT2D eigenvalue weighted by molar-refractivity contribution is 5.70.